The Kier molecular flexibility index (Phi) is 4.99. The average Bonchev–Trinajstić information content (AvgIpc) is 2.85. The van der Waals surface area contributed by atoms with Crippen LogP contribution < -0.4 is 10.5 Å². The minimum atomic E-state index is 0.285. The molecule has 0 unspecified atom stereocenters. The fraction of sp³-hybridized carbons (Fsp3) is 0.353. The molecule has 0 amide bonds. The average molecular weight is 390 g/mol. The number of benzene rings is 1. The Morgan fingerprint density at radius 1 is 1.17 bits per heavy atom. The number of nitrogens with zero attached hydrogens (tertiary/aromatic N) is 4. The number of ether oxygens (including phenoxy) is 1. The van der Waals surface area contributed by atoms with Crippen LogP contribution in [0.4, 0.5) is 5.82 Å². The van der Waals surface area contributed by atoms with Crippen LogP contribution in [0.15, 0.2) is 35.1 Å². The van der Waals surface area contributed by atoms with E-state index in [9.17, 15) is 0 Å². The summed E-state index contributed by atoms with van der Waals surface area (Å²) in [7, 11) is 0. The van der Waals surface area contributed by atoms with E-state index in [1.165, 1.54) is 5.56 Å². The van der Waals surface area contributed by atoms with E-state index in [1.54, 1.807) is 0 Å². The molecule has 0 aliphatic carbocycles. The normalized spacial score (nSPS) is 11.3. The van der Waals surface area contributed by atoms with E-state index in [4.69, 9.17) is 10.5 Å². The molecule has 24 heavy (non-hydrogen) atoms. The van der Waals surface area contributed by atoms with Crippen LogP contribution >= 0.6 is 15.9 Å². The van der Waals surface area contributed by atoms with E-state index in [1.807, 2.05) is 22.8 Å². The third-order valence-electron chi connectivity index (χ3n) is 3.57. The lowest BCUT2D eigenvalue weighted by molar-refractivity contribution is 0.297. The van der Waals surface area contributed by atoms with Gasteiger partial charge in [-0.05, 0) is 27.4 Å². The molecule has 0 aliphatic rings. The fourth-order valence-electron chi connectivity index (χ4n) is 2.47. The first-order valence-corrected chi connectivity index (χ1v) is 8.70. The van der Waals surface area contributed by atoms with E-state index in [0.29, 0.717) is 34.2 Å². The van der Waals surface area contributed by atoms with E-state index in [2.05, 4.69) is 56.9 Å². The summed E-state index contributed by atoms with van der Waals surface area (Å²) >= 11 is 3.47. The number of nitrogens with two attached hydrogens (primary N) is 1. The number of nitrogen functional groups attached to an aromatic ring is 1. The van der Waals surface area contributed by atoms with E-state index in [0.717, 1.165) is 13.0 Å². The first-order chi connectivity index (χ1) is 11.5. The quantitative estimate of drug-likeness (QED) is 0.653. The first kappa shape index (κ1) is 16.7. The summed E-state index contributed by atoms with van der Waals surface area (Å²) in [4.78, 5) is 13.1. The highest BCUT2D eigenvalue weighted by Crippen LogP contribution is 2.25. The van der Waals surface area contributed by atoms with Crippen LogP contribution in [0.5, 0.6) is 6.01 Å². The summed E-state index contributed by atoms with van der Waals surface area (Å²) < 4.78 is 8.40. The second kappa shape index (κ2) is 7.17. The molecule has 2 aromatic heterocycles. The molecular weight excluding hydrogens is 370 g/mol. The van der Waals surface area contributed by atoms with Crippen molar-refractivity contribution in [3.8, 4) is 6.01 Å². The summed E-state index contributed by atoms with van der Waals surface area (Å²) in [6.45, 7) is 5.56. The topological polar surface area (TPSA) is 78.9 Å². The van der Waals surface area contributed by atoms with Gasteiger partial charge in [0.1, 0.15) is 0 Å². The SMILES string of the molecule is CC(C)Cn1c(Br)nc2c(N)nc(OCCc3ccccc3)nc21. The predicted octanol–water partition coefficient (Wildman–Crippen LogP) is 3.45. The van der Waals surface area contributed by atoms with Crippen LogP contribution in [0.3, 0.4) is 0 Å². The summed E-state index contributed by atoms with van der Waals surface area (Å²) in [5.41, 5.74) is 8.52. The van der Waals surface area contributed by atoms with Gasteiger partial charge in [0.15, 0.2) is 21.7 Å². The van der Waals surface area contributed by atoms with Crippen LogP contribution in [0.2, 0.25) is 0 Å². The number of imidazole rings is 1. The Morgan fingerprint density at radius 2 is 1.92 bits per heavy atom. The van der Waals surface area contributed by atoms with Crippen LogP contribution in [-0.2, 0) is 13.0 Å². The second-order valence-electron chi connectivity index (χ2n) is 6.03. The van der Waals surface area contributed by atoms with Crippen molar-refractivity contribution >= 4 is 32.9 Å². The number of rotatable bonds is 6. The molecule has 0 aliphatic heterocycles. The number of hydrogen-bond acceptors (Lipinski definition) is 5. The molecule has 2 heterocycles. The van der Waals surface area contributed by atoms with Crippen molar-refractivity contribution in [2.75, 3.05) is 12.3 Å². The highest BCUT2D eigenvalue weighted by Gasteiger charge is 2.16. The summed E-state index contributed by atoms with van der Waals surface area (Å²) in [6, 6.07) is 10.4. The first-order valence-electron chi connectivity index (χ1n) is 7.90. The van der Waals surface area contributed by atoms with Crippen LogP contribution in [0.1, 0.15) is 19.4 Å². The number of anilines is 1. The van der Waals surface area contributed by atoms with Crippen molar-refractivity contribution in [2.24, 2.45) is 5.92 Å². The van der Waals surface area contributed by atoms with Crippen LogP contribution in [0.25, 0.3) is 11.2 Å². The maximum Gasteiger partial charge on any atom is 0.320 e. The zero-order valence-corrected chi connectivity index (χ0v) is 15.3. The molecule has 0 spiro atoms. The minimum Gasteiger partial charge on any atom is -0.463 e. The van der Waals surface area contributed by atoms with Crippen LogP contribution in [0, 0.1) is 5.92 Å². The van der Waals surface area contributed by atoms with Gasteiger partial charge in [-0.25, -0.2) is 4.98 Å². The van der Waals surface area contributed by atoms with Crippen LogP contribution in [-0.4, -0.2) is 26.1 Å². The Hall–Kier alpha value is -2.15. The monoisotopic (exact) mass is 389 g/mol. The van der Waals surface area contributed by atoms with Gasteiger partial charge in [0.2, 0.25) is 0 Å². The standard InChI is InChI=1S/C17H20BrN5O/c1-11(2)10-23-15-13(20-16(23)18)14(19)21-17(22-15)24-9-8-12-6-4-3-5-7-12/h3-7,11H,8-10H2,1-2H3,(H2,19,21,22). The van der Waals surface area contributed by atoms with Gasteiger partial charge >= 0.3 is 6.01 Å². The minimum absolute atomic E-state index is 0.285. The van der Waals surface area contributed by atoms with Gasteiger partial charge in [-0.2, -0.15) is 9.97 Å². The molecule has 0 saturated carbocycles. The van der Waals surface area contributed by atoms with Crippen molar-refractivity contribution in [3.05, 3.63) is 40.6 Å². The molecule has 7 heteroatoms. The molecule has 3 rings (SSSR count). The van der Waals surface area contributed by atoms with Gasteiger partial charge in [-0.3, -0.25) is 0 Å². The van der Waals surface area contributed by atoms with Gasteiger partial charge in [-0.15, -0.1) is 0 Å². The molecule has 0 atom stereocenters. The van der Waals surface area contributed by atoms with Crippen molar-refractivity contribution in [1.82, 2.24) is 19.5 Å². The van der Waals surface area contributed by atoms with Gasteiger partial charge in [-0.1, -0.05) is 44.2 Å². The predicted molar refractivity (Wildman–Crippen MR) is 97.9 cm³/mol. The number of fused-ring (bicyclic) bond motifs is 1. The highest BCUT2D eigenvalue weighted by atomic mass is 79.9. The van der Waals surface area contributed by atoms with Crippen molar-refractivity contribution < 1.29 is 4.74 Å². The molecule has 0 saturated heterocycles. The number of halogens is 1. The molecule has 0 fully saturated rings. The molecular formula is C17H20BrN5O. The van der Waals surface area contributed by atoms with Gasteiger partial charge in [0.05, 0.1) is 6.61 Å². The second-order valence-corrected chi connectivity index (χ2v) is 6.74. The molecule has 126 valence electrons. The summed E-state index contributed by atoms with van der Waals surface area (Å²) in [5.74, 6) is 0.787. The van der Waals surface area contributed by atoms with E-state index < -0.39 is 0 Å². The van der Waals surface area contributed by atoms with E-state index in [-0.39, 0.29) is 6.01 Å². The molecule has 0 radical (unpaired) electrons. The molecule has 0 bridgehead atoms. The Morgan fingerprint density at radius 3 is 2.62 bits per heavy atom. The maximum atomic E-state index is 6.03. The molecule has 3 aromatic rings. The van der Waals surface area contributed by atoms with Gasteiger partial charge < -0.3 is 15.0 Å². The third-order valence-corrected chi connectivity index (χ3v) is 4.17. The van der Waals surface area contributed by atoms with Crippen molar-refractivity contribution in [2.45, 2.75) is 26.8 Å². The Labute approximate surface area is 149 Å². The third kappa shape index (κ3) is 3.67. The lowest BCUT2D eigenvalue weighted by Gasteiger charge is -2.09. The van der Waals surface area contributed by atoms with Crippen molar-refractivity contribution in [1.29, 1.82) is 0 Å². The summed E-state index contributed by atoms with van der Waals surface area (Å²) in [5, 5.41) is 0. The molecule has 1 aromatic carbocycles. The fourth-order valence-corrected chi connectivity index (χ4v) is 2.96. The van der Waals surface area contributed by atoms with Gasteiger partial charge in [0, 0.05) is 13.0 Å². The molecule has 2 N–H and O–H groups in total. The van der Waals surface area contributed by atoms with E-state index >= 15 is 0 Å². The highest BCUT2D eigenvalue weighted by molar-refractivity contribution is 9.10. The lowest BCUT2D eigenvalue weighted by atomic mass is 10.2. The lowest BCUT2D eigenvalue weighted by Crippen LogP contribution is -2.09. The Balaban J connectivity index is 1.81. The number of hydrogen-bond donors (Lipinski definition) is 1. The van der Waals surface area contributed by atoms with Crippen molar-refractivity contribution in [3.63, 3.8) is 0 Å². The number of aromatic nitrogens is 4. The molecule has 6 nitrogen and oxygen atoms in total. The smallest absolute Gasteiger partial charge is 0.320 e. The Bertz CT molecular complexity index is 832. The largest absolute Gasteiger partial charge is 0.463 e. The van der Waals surface area contributed by atoms with Gasteiger partial charge in [0.25, 0.3) is 0 Å². The zero-order valence-electron chi connectivity index (χ0n) is 13.7. The maximum absolute atomic E-state index is 6.03. The zero-order chi connectivity index (χ0) is 17.1. The summed E-state index contributed by atoms with van der Waals surface area (Å²) in [6.07, 6.45) is 0.789.